The zero-order valence-electron chi connectivity index (χ0n) is 18.6. The number of carbonyl (C=O) groups is 1. The third-order valence-corrected chi connectivity index (χ3v) is 6.51. The number of hydrogen-bond donors (Lipinski definition) is 1. The molecule has 158 valence electrons. The van der Waals surface area contributed by atoms with E-state index in [1.807, 2.05) is 6.07 Å². The summed E-state index contributed by atoms with van der Waals surface area (Å²) in [4.78, 5) is 13.1. The maximum atomic E-state index is 11.7. The van der Waals surface area contributed by atoms with Crippen LogP contribution >= 0.6 is 0 Å². The Kier molecular flexibility index (Phi) is 4.37. The van der Waals surface area contributed by atoms with Crippen molar-refractivity contribution in [3.05, 3.63) is 71.3 Å². The number of benzene rings is 2. The van der Waals surface area contributed by atoms with Gasteiger partial charge in [0.1, 0.15) is 29.1 Å². The molecule has 0 spiro atoms. The highest BCUT2D eigenvalue weighted by Gasteiger charge is 2.39. The number of phenols is 1. The summed E-state index contributed by atoms with van der Waals surface area (Å²) >= 11 is 0. The number of carbonyl (C=O) groups excluding carboxylic acids is 1. The molecule has 1 aromatic heterocycles. The van der Waals surface area contributed by atoms with E-state index in [-0.39, 0.29) is 29.7 Å². The normalized spacial score (nSPS) is 22.5. The number of hydrogen-bond acceptors (Lipinski definition) is 5. The maximum absolute atomic E-state index is 11.7. The van der Waals surface area contributed by atoms with E-state index in [4.69, 9.17) is 6.11 Å². The number of esters is 1. The minimum absolute atomic E-state index is 0.121. The second-order valence-corrected chi connectivity index (χ2v) is 8.66. The number of para-hydroxylation sites is 1. The van der Waals surface area contributed by atoms with E-state index in [9.17, 15) is 9.90 Å². The molecule has 3 aromatic rings. The largest absolute Gasteiger partial charge is 0.505 e. The van der Waals surface area contributed by atoms with Crippen molar-refractivity contribution in [1.29, 1.82) is 0 Å². The van der Waals surface area contributed by atoms with E-state index in [0.717, 1.165) is 5.52 Å². The molecule has 3 unspecified atom stereocenters. The standard InChI is InChI=1S/C25H25N3O3/c1-14(2)25(30)31-13-17-5-4-6-23(24(17)29)28-26-21-8-7-16(12-22(21)27-28)20-11-18-10-19(20)9-15(18)3/h4-9,12,18-20,29H,1,10-11,13H2,2-3H3/i4D. The van der Waals surface area contributed by atoms with Crippen LogP contribution in [0, 0.1) is 11.8 Å². The summed E-state index contributed by atoms with van der Waals surface area (Å²) in [6, 6.07) is 9.28. The van der Waals surface area contributed by atoms with Gasteiger partial charge in [-0.05, 0) is 68.2 Å². The van der Waals surface area contributed by atoms with Crippen LogP contribution in [0.4, 0.5) is 0 Å². The fourth-order valence-corrected chi connectivity index (χ4v) is 4.80. The summed E-state index contributed by atoms with van der Waals surface area (Å²) in [6.45, 7) is 7.16. The van der Waals surface area contributed by atoms with Gasteiger partial charge in [0.25, 0.3) is 0 Å². The van der Waals surface area contributed by atoms with Gasteiger partial charge >= 0.3 is 5.97 Å². The fourth-order valence-electron chi connectivity index (χ4n) is 4.80. The van der Waals surface area contributed by atoms with E-state index in [2.05, 4.69) is 41.9 Å². The Morgan fingerprint density at radius 3 is 2.81 bits per heavy atom. The molecule has 2 aliphatic carbocycles. The number of rotatable bonds is 5. The molecular weight excluding hydrogens is 390 g/mol. The van der Waals surface area contributed by atoms with Gasteiger partial charge in [0.2, 0.25) is 0 Å². The minimum atomic E-state index is -0.553. The molecular formula is C25H25N3O3. The second kappa shape index (κ2) is 7.38. The zero-order valence-corrected chi connectivity index (χ0v) is 17.6. The maximum Gasteiger partial charge on any atom is 0.333 e. The molecule has 5 rings (SSSR count). The molecule has 1 fully saturated rings. The molecule has 1 saturated carbocycles. The molecule has 31 heavy (non-hydrogen) atoms. The number of allylic oxidation sites excluding steroid dienone is 2. The van der Waals surface area contributed by atoms with Crippen LogP contribution in [0.25, 0.3) is 16.7 Å². The summed E-state index contributed by atoms with van der Waals surface area (Å²) in [5.74, 6) is 1.14. The predicted molar refractivity (Wildman–Crippen MR) is 118 cm³/mol. The Balaban J connectivity index is 1.46. The Morgan fingerprint density at radius 1 is 1.29 bits per heavy atom. The third-order valence-electron chi connectivity index (χ3n) is 6.51. The van der Waals surface area contributed by atoms with Gasteiger partial charge in [0, 0.05) is 11.1 Å². The molecule has 1 heterocycles. The van der Waals surface area contributed by atoms with Crippen LogP contribution in [0.15, 0.2) is 60.2 Å². The summed E-state index contributed by atoms with van der Waals surface area (Å²) in [7, 11) is 0. The molecule has 2 aliphatic rings. The highest BCUT2D eigenvalue weighted by atomic mass is 16.5. The second-order valence-electron chi connectivity index (χ2n) is 8.66. The molecule has 2 bridgehead atoms. The minimum Gasteiger partial charge on any atom is -0.505 e. The van der Waals surface area contributed by atoms with Gasteiger partial charge in [-0.1, -0.05) is 36.4 Å². The van der Waals surface area contributed by atoms with Gasteiger partial charge in [-0.3, -0.25) is 0 Å². The van der Waals surface area contributed by atoms with Crippen LogP contribution in [-0.2, 0) is 16.1 Å². The van der Waals surface area contributed by atoms with Gasteiger partial charge in [-0.25, -0.2) is 4.79 Å². The quantitative estimate of drug-likeness (QED) is 0.367. The van der Waals surface area contributed by atoms with E-state index < -0.39 is 5.97 Å². The Labute approximate surface area is 182 Å². The number of aromatic nitrogens is 3. The predicted octanol–water partition coefficient (Wildman–Crippen LogP) is 4.82. The van der Waals surface area contributed by atoms with Crippen LogP contribution in [0.1, 0.15) is 45.1 Å². The number of phenolic OH excluding ortho intramolecular Hbond substituents is 1. The first-order chi connectivity index (χ1) is 15.3. The van der Waals surface area contributed by atoms with Crippen molar-refractivity contribution >= 4 is 17.0 Å². The van der Waals surface area contributed by atoms with E-state index in [1.165, 1.54) is 40.9 Å². The zero-order chi connectivity index (χ0) is 22.6. The molecule has 6 nitrogen and oxygen atoms in total. The van der Waals surface area contributed by atoms with E-state index >= 15 is 0 Å². The van der Waals surface area contributed by atoms with Crippen molar-refractivity contribution in [3.63, 3.8) is 0 Å². The van der Waals surface area contributed by atoms with Crippen molar-refractivity contribution in [2.45, 2.75) is 39.2 Å². The molecule has 6 heteroatoms. The topological polar surface area (TPSA) is 77.2 Å². The lowest BCUT2D eigenvalue weighted by atomic mass is 9.85. The molecule has 0 saturated heterocycles. The first-order valence-electron chi connectivity index (χ1n) is 11.0. The summed E-state index contributed by atoms with van der Waals surface area (Å²) in [6.07, 6.45) is 4.84. The lowest BCUT2D eigenvalue weighted by molar-refractivity contribution is -0.140. The van der Waals surface area contributed by atoms with Crippen LogP contribution < -0.4 is 0 Å². The lowest BCUT2D eigenvalue weighted by Gasteiger charge is -2.20. The summed E-state index contributed by atoms with van der Waals surface area (Å²) < 4.78 is 13.2. The van der Waals surface area contributed by atoms with E-state index in [0.29, 0.717) is 28.8 Å². The van der Waals surface area contributed by atoms with Gasteiger partial charge < -0.3 is 9.84 Å². The highest BCUT2D eigenvalue weighted by Crippen LogP contribution is 2.52. The average Bonchev–Trinajstić information content (AvgIpc) is 3.46. The van der Waals surface area contributed by atoms with E-state index in [1.54, 1.807) is 6.92 Å². The molecule has 0 amide bonds. The smallest absolute Gasteiger partial charge is 0.333 e. The van der Waals surface area contributed by atoms with Crippen LogP contribution in [0.5, 0.6) is 5.75 Å². The van der Waals surface area contributed by atoms with Crippen molar-refractivity contribution in [2.24, 2.45) is 11.8 Å². The molecule has 1 N–H and O–H groups in total. The molecule has 2 aromatic carbocycles. The monoisotopic (exact) mass is 416 g/mol. The van der Waals surface area contributed by atoms with Crippen molar-refractivity contribution in [3.8, 4) is 11.4 Å². The fraction of sp³-hybridized carbons (Fsp3) is 0.320. The summed E-state index contributed by atoms with van der Waals surface area (Å²) in [5, 5.41) is 19.9. The lowest BCUT2D eigenvalue weighted by Crippen LogP contribution is -2.06. The number of aromatic hydroxyl groups is 1. The van der Waals surface area contributed by atoms with Crippen LogP contribution in [-0.4, -0.2) is 26.1 Å². The highest BCUT2D eigenvalue weighted by molar-refractivity contribution is 5.87. The SMILES string of the molecule is [2H]c1cc(COC(=O)C(=C)C)c(O)c(-n2nc3ccc(C4CC5CC4C=C5C)cc3n2)c1. The van der Waals surface area contributed by atoms with Crippen molar-refractivity contribution in [2.75, 3.05) is 0 Å². The van der Waals surface area contributed by atoms with Crippen molar-refractivity contribution < 1.29 is 16.0 Å². The molecule has 3 atom stereocenters. The first-order valence-corrected chi connectivity index (χ1v) is 10.5. The van der Waals surface area contributed by atoms with Gasteiger partial charge in [-0.15, -0.1) is 15.0 Å². The first kappa shape index (κ1) is 18.4. The summed E-state index contributed by atoms with van der Waals surface area (Å²) in [5.41, 5.74) is 5.11. The number of ether oxygens (including phenoxy) is 1. The third kappa shape index (κ3) is 3.42. The molecule has 0 radical (unpaired) electrons. The Morgan fingerprint density at radius 2 is 2.10 bits per heavy atom. The van der Waals surface area contributed by atoms with Gasteiger partial charge in [0.05, 0.1) is 1.37 Å². The average molecular weight is 416 g/mol. The van der Waals surface area contributed by atoms with Crippen molar-refractivity contribution in [1.82, 2.24) is 15.0 Å². The van der Waals surface area contributed by atoms with Crippen LogP contribution in [0.2, 0.25) is 0 Å². The number of nitrogens with zero attached hydrogens (tertiary/aromatic N) is 3. The van der Waals surface area contributed by atoms with Gasteiger partial charge in [-0.2, -0.15) is 0 Å². The Hall–Kier alpha value is -3.41. The van der Waals surface area contributed by atoms with Crippen LogP contribution in [0.3, 0.4) is 0 Å². The Bertz CT molecular complexity index is 1290. The molecule has 0 aliphatic heterocycles. The van der Waals surface area contributed by atoms with Gasteiger partial charge in [0.15, 0.2) is 0 Å². The number of fused-ring (bicyclic) bond motifs is 3.